The van der Waals surface area contributed by atoms with Crippen molar-refractivity contribution < 1.29 is 14.6 Å². The molecule has 0 fully saturated rings. The van der Waals surface area contributed by atoms with Crippen LogP contribution in [-0.2, 0) is 17.9 Å². The third-order valence-electron chi connectivity index (χ3n) is 5.10. The molecule has 1 aliphatic rings. The summed E-state index contributed by atoms with van der Waals surface area (Å²) in [6.45, 7) is 3.98. The average Bonchev–Trinajstić information content (AvgIpc) is 3.13. The zero-order valence-corrected chi connectivity index (χ0v) is 16.4. The molecule has 2 heterocycles. The molecule has 4 rings (SSSR count). The van der Waals surface area contributed by atoms with E-state index >= 15 is 0 Å². The zero-order valence-electron chi connectivity index (χ0n) is 16.4. The summed E-state index contributed by atoms with van der Waals surface area (Å²) in [5.74, 6) is 0.652. The van der Waals surface area contributed by atoms with Crippen LogP contribution in [0.1, 0.15) is 24.0 Å². The van der Waals surface area contributed by atoms with E-state index < -0.39 is 0 Å². The molecule has 0 radical (unpaired) electrons. The number of carbonyl (C=O) groups is 1. The van der Waals surface area contributed by atoms with E-state index in [0.717, 1.165) is 16.7 Å². The maximum atomic E-state index is 12.7. The number of ether oxygens (including phenoxy) is 1. The maximum Gasteiger partial charge on any atom is 0.223 e. The highest BCUT2D eigenvalue weighted by Gasteiger charge is 2.22. The first-order valence-corrected chi connectivity index (χ1v) is 9.76. The van der Waals surface area contributed by atoms with Crippen LogP contribution in [0.3, 0.4) is 0 Å². The number of hydrogen-bond acceptors (Lipinski definition) is 5. The highest BCUT2D eigenvalue weighted by molar-refractivity contribution is 5.77. The van der Waals surface area contributed by atoms with E-state index in [1.807, 2.05) is 37.3 Å². The van der Waals surface area contributed by atoms with Gasteiger partial charge in [0.05, 0.1) is 6.54 Å². The standard InChI is InChI=1S/C22H24N4O3/c1-16-4-6-17(7-5-16)18-11-19-13-25(9-10-29-22(19)20(27)12-18)21(28)3-2-8-26-15-23-14-24-26/h4-7,11-12,14-15,27H,2-3,8-10,13H2,1H3. The van der Waals surface area contributed by atoms with Crippen LogP contribution >= 0.6 is 0 Å². The molecule has 7 heteroatoms. The van der Waals surface area contributed by atoms with Gasteiger partial charge in [-0.2, -0.15) is 5.10 Å². The molecule has 3 aromatic rings. The number of aryl methyl sites for hydroxylation is 2. The number of benzene rings is 2. The number of rotatable bonds is 5. The van der Waals surface area contributed by atoms with Gasteiger partial charge in [-0.3, -0.25) is 9.48 Å². The normalized spacial score (nSPS) is 13.5. The van der Waals surface area contributed by atoms with Gasteiger partial charge in [0.2, 0.25) is 5.91 Å². The number of amides is 1. The van der Waals surface area contributed by atoms with Crippen molar-refractivity contribution in [3.63, 3.8) is 0 Å². The lowest BCUT2D eigenvalue weighted by atomic mass is 10.0. The Morgan fingerprint density at radius 2 is 2.03 bits per heavy atom. The largest absolute Gasteiger partial charge is 0.504 e. The van der Waals surface area contributed by atoms with E-state index in [2.05, 4.69) is 10.1 Å². The van der Waals surface area contributed by atoms with Crippen LogP contribution in [-0.4, -0.2) is 43.8 Å². The maximum absolute atomic E-state index is 12.7. The van der Waals surface area contributed by atoms with E-state index in [1.54, 1.807) is 22.0 Å². The fraction of sp³-hybridized carbons (Fsp3) is 0.318. The number of phenols is 1. The second-order valence-electron chi connectivity index (χ2n) is 7.28. The lowest BCUT2D eigenvalue weighted by molar-refractivity contribution is -0.132. The quantitative estimate of drug-likeness (QED) is 0.721. The van der Waals surface area contributed by atoms with E-state index in [0.29, 0.717) is 44.8 Å². The molecule has 150 valence electrons. The van der Waals surface area contributed by atoms with Gasteiger partial charge < -0.3 is 14.7 Å². The van der Waals surface area contributed by atoms with E-state index in [4.69, 9.17) is 4.74 Å². The monoisotopic (exact) mass is 392 g/mol. The van der Waals surface area contributed by atoms with Gasteiger partial charge in [0.25, 0.3) is 0 Å². The SMILES string of the molecule is Cc1ccc(-c2cc(O)c3c(c2)CN(C(=O)CCCn2cncn2)CCO3)cc1. The Kier molecular flexibility index (Phi) is 5.46. The number of aromatic hydroxyl groups is 1. The van der Waals surface area contributed by atoms with Crippen molar-refractivity contribution in [1.29, 1.82) is 0 Å². The summed E-state index contributed by atoms with van der Waals surface area (Å²) in [7, 11) is 0. The highest BCUT2D eigenvalue weighted by atomic mass is 16.5. The minimum absolute atomic E-state index is 0.0711. The number of aromatic nitrogens is 3. The molecule has 7 nitrogen and oxygen atoms in total. The second-order valence-corrected chi connectivity index (χ2v) is 7.28. The molecule has 1 N–H and O–H groups in total. The van der Waals surface area contributed by atoms with Crippen molar-refractivity contribution in [2.75, 3.05) is 13.2 Å². The lowest BCUT2D eigenvalue weighted by Gasteiger charge is -2.20. The van der Waals surface area contributed by atoms with Gasteiger partial charge in [-0.1, -0.05) is 29.8 Å². The first-order chi connectivity index (χ1) is 14.1. The van der Waals surface area contributed by atoms with Gasteiger partial charge >= 0.3 is 0 Å². The third kappa shape index (κ3) is 4.39. The van der Waals surface area contributed by atoms with Crippen molar-refractivity contribution in [2.45, 2.75) is 32.9 Å². The van der Waals surface area contributed by atoms with E-state index in [9.17, 15) is 9.90 Å². The Balaban J connectivity index is 1.49. The van der Waals surface area contributed by atoms with Gasteiger partial charge in [0.1, 0.15) is 19.3 Å². The summed E-state index contributed by atoms with van der Waals surface area (Å²) in [5.41, 5.74) is 3.93. The lowest BCUT2D eigenvalue weighted by Crippen LogP contribution is -2.32. The van der Waals surface area contributed by atoms with Crippen LogP contribution < -0.4 is 4.74 Å². The summed E-state index contributed by atoms with van der Waals surface area (Å²) in [6, 6.07) is 11.9. The fourth-order valence-corrected chi connectivity index (χ4v) is 3.52. The molecule has 0 aliphatic carbocycles. The van der Waals surface area contributed by atoms with Crippen LogP contribution in [0.4, 0.5) is 0 Å². The van der Waals surface area contributed by atoms with Gasteiger partial charge in [-0.05, 0) is 36.6 Å². The fourth-order valence-electron chi connectivity index (χ4n) is 3.52. The van der Waals surface area contributed by atoms with Crippen molar-refractivity contribution >= 4 is 5.91 Å². The molecular formula is C22H24N4O3. The molecule has 2 aromatic carbocycles. The first kappa shape index (κ1) is 19.0. The van der Waals surface area contributed by atoms with Gasteiger partial charge in [-0.15, -0.1) is 0 Å². The molecule has 0 saturated carbocycles. The Morgan fingerprint density at radius 3 is 2.79 bits per heavy atom. The second kappa shape index (κ2) is 8.34. The zero-order chi connectivity index (χ0) is 20.2. The van der Waals surface area contributed by atoms with Crippen LogP contribution in [0, 0.1) is 6.92 Å². The third-order valence-corrected chi connectivity index (χ3v) is 5.10. The molecule has 1 amide bonds. The molecular weight excluding hydrogens is 368 g/mol. The van der Waals surface area contributed by atoms with Crippen LogP contribution in [0.15, 0.2) is 49.1 Å². The number of carbonyl (C=O) groups excluding carboxylic acids is 1. The summed E-state index contributed by atoms with van der Waals surface area (Å²) in [5, 5.41) is 14.6. The smallest absolute Gasteiger partial charge is 0.223 e. The minimum Gasteiger partial charge on any atom is -0.504 e. The number of fused-ring (bicyclic) bond motifs is 1. The molecule has 0 atom stereocenters. The minimum atomic E-state index is 0.0711. The molecule has 0 unspecified atom stereocenters. The summed E-state index contributed by atoms with van der Waals surface area (Å²) in [4.78, 5) is 18.4. The molecule has 0 spiro atoms. The predicted molar refractivity (Wildman–Crippen MR) is 108 cm³/mol. The predicted octanol–water partition coefficient (Wildman–Crippen LogP) is 3.16. The van der Waals surface area contributed by atoms with E-state index in [1.165, 1.54) is 11.9 Å². The van der Waals surface area contributed by atoms with Crippen LogP contribution in [0.5, 0.6) is 11.5 Å². The molecule has 0 saturated heterocycles. The summed E-state index contributed by atoms with van der Waals surface area (Å²) >= 11 is 0. The Labute approximate surface area is 169 Å². The molecule has 29 heavy (non-hydrogen) atoms. The summed E-state index contributed by atoms with van der Waals surface area (Å²) < 4.78 is 7.49. The van der Waals surface area contributed by atoms with Crippen LogP contribution in [0.25, 0.3) is 11.1 Å². The van der Waals surface area contributed by atoms with Gasteiger partial charge in [-0.25, -0.2) is 4.98 Å². The summed E-state index contributed by atoms with van der Waals surface area (Å²) in [6.07, 6.45) is 4.26. The Hall–Kier alpha value is -3.35. The molecule has 1 aliphatic heterocycles. The van der Waals surface area contributed by atoms with Crippen molar-refractivity contribution in [2.24, 2.45) is 0 Å². The van der Waals surface area contributed by atoms with Crippen molar-refractivity contribution in [3.05, 3.63) is 60.2 Å². The average molecular weight is 392 g/mol. The van der Waals surface area contributed by atoms with Gasteiger partial charge in [0, 0.05) is 25.1 Å². The number of hydrogen-bond donors (Lipinski definition) is 1. The Morgan fingerprint density at radius 1 is 1.21 bits per heavy atom. The molecule has 1 aromatic heterocycles. The number of phenolic OH excluding ortho intramolecular Hbond substituents is 1. The topological polar surface area (TPSA) is 80.5 Å². The van der Waals surface area contributed by atoms with Crippen molar-refractivity contribution in [1.82, 2.24) is 19.7 Å². The molecule has 0 bridgehead atoms. The number of nitrogens with zero attached hydrogens (tertiary/aromatic N) is 4. The van der Waals surface area contributed by atoms with Crippen LogP contribution in [0.2, 0.25) is 0 Å². The van der Waals surface area contributed by atoms with Crippen molar-refractivity contribution in [3.8, 4) is 22.6 Å². The van der Waals surface area contributed by atoms with Gasteiger partial charge in [0.15, 0.2) is 11.5 Å². The first-order valence-electron chi connectivity index (χ1n) is 9.76. The van der Waals surface area contributed by atoms with E-state index in [-0.39, 0.29) is 11.7 Å². The highest BCUT2D eigenvalue weighted by Crippen LogP contribution is 2.37. The Bertz CT molecular complexity index is 984.